The van der Waals surface area contributed by atoms with Crippen molar-refractivity contribution >= 4 is 17.4 Å². The molecule has 0 unspecified atom stereocenters. The van der Waals surface area contributed by atoms with Crippen LogP contribution in [0.4, 0.5) is 0 Å². The zero-order valence-electron chi connectivity index (χ0n) is 10.1. The maximum Gasteiger partial charge on any atom is 0.171 e. The lowest BCUT2D eigenvalue weighted by Gasteiger charge is -2.05. The van der Waals surface area contributed by atoms with E-state index in [0.29, 0.717) is 16.4 Å². The van der Waals surface area contributed by atoms with Gasteiger partial charge in [0.2, 0.25) is 0 Å². The molecule has 0 atom stereocenters. The molecule has 18 heavy (non-hydrogen) atoms. The Kier molecular flexibility index (Phi) is 4.10. The van der Waals surface area contributed by atoms with E-state index in [1.807, 2.05) is 0 Å². The first-order chi connectivity index (χ1) is 8.72. The maximum absolute atomic E-state index is 12.1. The van der Waals surface area contributed by atoms with Crippen molar-refractivity contribution in [1.82, 2.24) is 14.8 Å². The molecule has 0 fully saturated rings. The first-order valence-corrected chi connectivity index (χ1v) is 6.24. The van der Waals surface area contributed by atoms with Crippen molar-refractivity contribution in [2.45, 2.75) is 26.3 Å². The van der Waals surface area contributed by atoms with Gasteiger partial charge in [-0.2, -0.15) is 5.10 Å². The highest BCUT2D eigenvalue weighted by molar-refractivity contribution is 6.34. The number of rotatable bonds is 5. The summed E-state index contributed by atoms with van der Waals surface area (Å²) in [5, 5.41) is 4.57. The third-order valence-electron chi connectivity index (χ3n) is 2.62. The van der Waals surface area contributed by atoms with Crippen LogP contribution in [0.3, 0.4) is 0 Å². The molecule has 1 aromatic heterocycles. The zero-order valence-corrected chi connectivity index (χ0v) is 10.9. The molecule has 0 N–H and O–H groups in total. The summed E-state index contributed by atoms with van der Waals surface area (Å²) in [6.07, 6.45) is 2.66. The normalized spacial score (nSPS) is 10.6. The van der Waals surface area contributed by atoms with E-state index in [2.05, 4.69) is 17.0 Å². The molecule has 1 heterocycles. The van der Waals surface area contributed by atoms with E-state index in [1.54, 1.807) is 28.9 Å². The largest absolute Gasteiger partial charge is 0.294 e. The van der Waals surface area contributed by atoms with Crippen molar-refractivity contribution in [3.8, 4) is 0 Å². The van der Waals surface area contributed by atoms with Gasteiger partial charge in [0.25, 0.3) is 0 Å². The molecule has 1 aromatic carbocycles. The van der Waals surface area contributed by atoms with Crippen molar-refractivity contribution in [2.24, 2.45) is 0 Å². The standard InChI is InChI=1S/C13H14ClN3O/c1-2-7-17-13(15-9-16-17)8-12(18)10-5-3-4-6-11(10)14/h3-6,9H,2,7-8H2,1H3. The van der Waals surface area contributed by atoms with E-state index in [1.165, 1.54) is 6.33 Å². The molecule has 0 aliphatic carbocycles. The number of hydrogen-bond donors (Lipinski definition) is 0. The highest BCUT2D eigenvalue weighted by Crippen LogP contribution is 2.16. The zero-order chi connectivity index (χ0) is 13.0. The minimum atomic E-state index is -0.0362. The Hall–Kier alpha value is -1.68. The summed E-state index contributed by atoms with van der Waals surface area (Å²) in [6, 6.07) is 7.05. The van der Waals surface area contributed by atoms with Crippen molar-refractivity contribution in [2.75, 3.05) is 0 Å². The van der Waals surface area contributed by atoms with Crippen LogP contribution in [0.1, 0.15) is 29.5 Å². The summed E-state index contributed by atoms with van der Waals surface area (Å²) in [4.78, 5) is 16.2. The lowest BCUT2D eigenvalue weighted by Crippen LogP contribution is -2.11. The van der Waals surface area contributed by atoms with Gasteiger partial charge >= 0.3 is 0 Å². The number of benzene rings is 1. The number of aryl methyl sites for hydroxylation is 1. The second-order valence-electron chi connectivity index (χ2n) is 3.98. The number of carbonyl (C=O) groups is 1. The molecule has 4 nitrogen and oxygen atoms in total. The molecule has 0 radical (unpaired) electrons. The summed E-state index contributed by atoms with van der Waals surface area (Å²) < 4.78 is 1.76. The maximum atomic E-state index is 12.1. The van der Waals surface area contributed by atoms with Crippen molar-refractivity contribution in [3.05, 3.63) is 47.0 Å². The number of Topliss-reactive ketones (excluding diaryl/α,β-unsaturated/α-hetero) is 1. The molecule has 0 aliphatic heterocycles. The van der Waals surface area contributed by atoms with Gasteiger partial charge in [-0.15, -0.1) is 0 Å². The van der Waals surface area contributed by atoms with Crippen molar-refractivity contribution in [1.29, 1.82) is 0 Å². The molecule has 0 saturated carbocycles. The van der Waals surface area contributed by atoms with E-state index in [-0.39, 0.29) is 12.2 Å². The first-order valence-electron chi connectivity index (χ1n) is 5.86. The average Bonchev–Trinajstić information content (AvgIpc) is 2.78. The quantitative estimate of drug-likeness (QED) is 0.780. The lowest BCUT2D eigenvalue weighted by atomic mass is 10.1. The van der Waals surface area contributed by atoms with Crippen LogP contribution in [0.25, 0.3) is 0 Å². The molecular weight excluding hydrogens is 250 g/mol. The van der Waals surface area contributed by atoms with E-state index < -0.39 is 0 Å². The molecule has 0 bridgehead atoms. The smallest absolute Gasteiger partial charge is 0.171 e. The van der Waals surface area contributed by atoms with Crippen LogP contribution in [-0.4, -0.2) is 20.5 Å². The summed E-state index contributed by atoms with van der Waals surface area (Å²) in [7, 11) is 0. The SMILES string of the molecule is CCCn1ncnc1CC(=O)c1ccccc1Cl. The van der Waals surface area contributed by atoms with Crippen LogP contribution in [0, 0.1) is 0 Å². The van der Waals surface area contributed by atoms with Gasteiger partial charge in [-0.3, -0.25) is 4.79 Å². The van der Waals surface area contributed by atoms with Crippen LogP contribution in [0.2, 0.25) is 5.02 Å². The summed E-state index contributed by atoms with van der Waals surface area (Å²) in [5.74, 6) is 0.646. The molecule has 0 aliphatic rings. The van der Waals surface area contributed by atoms with Gasteiger partial charge in [0, 0.05) is 12.1 Å². The molecule has 0 spiro atoms. The Morgan fingerprint density at radius 2 is 2.17 bits per heavy atom. The summed E-state index contributed by atoms with van der Waals surface area (Å²) >= 11 is 6.00. The van der Waals surface area contributed by atoms with Crippen LogP contribution in [-0.2, 0) is 13.0 Å². The number of ketones is 1. The van der Waals surface area contributed by atoms with Gasteiger partial charge in [0.1, 0.15) is 12.2 Å². The van der Waals surface area contributed by atoms with Crippen LogP contribution >= 0.6 is 11.6 Å². The van der Waals surface area contributed by atoms with Gasteiger partial charge in [-0.05, 0) is 18.6 Å². The van der Waals surface area contributed by atoms with Gasteiger partial charge in [-0.1, -0.05) is 30.7 Å². The Bertz CT molecular complexity index is 551. The van der Waals surface area contributed by atoms with Crippen molar-refractivity contribution in [3.63, 3.8) is 0 Å². The van der Waals surface area contributed by atoms with Gasteiger partial charge in [-0.25, -0.2) is 9.67 Å². The van der Waals surface area contributed by atoms with Gasteiger partial charge in [0.05, 0.1) is 11.4 Å². The minimum Gasteiger partial charge on any atom is -0.294 e. The fourth-order valence-electron chi connectivity index (χ4n) is 1.75. The van der Waals surface area contributed by atoms with E-state index in [4.69, 9.17) is 11.6 Å². The molecule has 2 rings (SSSR count). The number of nitrogens with zero attached hydrogens (tertiary/aromatic N) is 3. The van der Waals surface area contributed by atoms with Crippen molar-refractivity contribution < 1.29 is 4.79 Å². The molecule has 5 heteroatoms. The molecule has 0 amide bonds. The number of carbonyl (C=O) groups excluding carboxylic acids is 1. The van der Waals surface area contributed by atoms with E-state index in [9.17, 15) is 4.79 Å². The topological polar surface area (TPSA) is 47.8 Å². The molecule has 2 aromatic rings. The third-order valence-corrected chi connectivity index (χ3v) is 2.95. The van der Waals surface area contributed by atoms with E-state index in [0.717, 1.165) is 13.0 Å². The average molecular weight is 264 g/mol. The predicted molar refractivity (Wildman–Crippen MR) is 69.8 cm³/mol. The van der Waals surface area contributed by atoms with Gasteiger partial charge < -0.3 is 0 Å². The lowest BCUT2D eigenvalue weighted by molar-refractivity contribution is 0.0989. The monoisotopic (exact) mass is 263 g/mol. The highest BCUT2D eigenvalue weighted by Gasteiger charge is 2.14. The predicted octanol–water partition coefficient (Wildman–Crippen LogP) is 2.77. The van der Waals surface area contributed by atoms with Gasteiger partial charge in [0.15, 0.2) is 5.78 Å². The van der Waals surface area contributed by atoms with Crippen LogP contribution < -0.4 is 0 Å². The second-order valence-corrected chi connectivity index (χ2v) is 4.39. The Morgan fingerprint density at radius 1 is 1.39 bits per heavy atom. The van der Waals surface area contributed by atoms with E-state index >= 15 is 0 Å². The van der Waals surface area contributed by atoms with Crippen LogP contribution in [0.5, 0.6) is 0 Å². The summed E-state index contributed by atoms with van der Waals surface area (Å²) in [5.41, 5.74) is 0.533. The number of halogens is 1. The fourth-order valence-corrected chi connectivity index (χ4v) is 1.99. The molecule has 0 saturated heterocycles. The highest BCUT2D eigenvalue weighted by atomic mass is 35.5. The van der Waals surface area contributed by atoms with Crippen LogP contribution in [0.15, 0.2) is 30.6 Å². The number of aromatic nitrogens is 3. The Balaban J connectivity index is 2.17. The molecular formula is C13H14ClN3O. The Labute approximate surface area is 111 Å². The second kappa shape index (κ2) is 5.78. The minimum absolute atomic E-state index is 0.0362. The Morgan fingerprint density at radius 3 is 2.89 bits per heavy atom. The summed E-state index contributed by atoms with van der Waals surface area (Å²) in [6.45, 7) is 2.83. The third kappa shape index (κ3) is 2.76. The molecule has 94 valence electrons. The first kappa shape index (κ1) is 12.8. The number of hydrogen-bond acceptors (Lipinski definition) is 3. The fraction of sp³-hybridized carbons (Fsp3) is 0.308.